The molecule has 28 heavy (non-hydrogen) atoms. The summed E-state index contributed by atoms with van der Waals surface area (Å²) < 4.78 is 10.6. The van der Waals surface area contributed by atoms with Crippen molar-refractivity contribution in [2.75, 3.05) is 12.4 Å². The van der Waals surface area contributed by atoms with Crippen molar-refractivity contribution in [2.24, 2.45) is 0 Å². The van der Waals surface area contributed by atoms with Crippen molar-refractivity contribution >= 4 is 38.9 Å². The highest BCUT2D eigenvalue weighted by Gasteiger charge is 2.12. The second-order valence-corrected chi connectivity index (χ2v) is 7.01. The number of carbonyl (C=O) groups is 1. The molecular weight excluding hydrogens is 376 g/mol. The molecule has 0 saturated carbocycles. The predicted octanol–water partition coefficient (Wildman–Crippen LogP) is 4.87. The molecule has 0 spiro atoms. The Morgan fingerprint density at radius 3 is 2.82 bits per heavy atom. The predicted molar refractivity (Wildman–Crippen MR) is 110 cm³/mol. The highest BCUT2D eigenvalue weighted by molar-refractivity contribution is 7.14. The van der Waals surface area contributed by atoms with Crippen LogP contribution in [0.4, 0.5) is 10.8 Å². The molecule has 7 heteroatoms. The van der Waals surface area contributed by atoms with Gasteiger partial charge in [-0.1, -0.05) is 12.1 Å². The fraction of sp³-hybridized carbons (Fsp3) is 0.0952. The number of benzene rings is 2. The van der Waals surface area contributed by atoms with Gasteiger partial charge in [0.15, 0.2) is 10.9 Å². The van der Waals surface area contributed by atoms with Crippen LogP contribution in [0.25, 0.3) is 22.2 Å². The van der Waals surface area contributed by atoms with Gasteiger partial charge in [0, 0.05) is 22.0 Å². The first-order valence-electron chi connectivity index (χ1n) is 8.49. The molecule has 4 rings (SSSR count). The van der Waals surface area contributed by atoms with E-state index < -0.39 is 5.63 Å². The van der Waals surface area contributed by atoms with Gasteiger partial charge in [-0.25, -0.2) is 9.78 Å². The molecule has 0 saturated heterocycles. The Kier molecular flexibility index (Phi) is 4.67. The average molecular weight is 392 g/mol. The maximum absolute atomic E-state index is 12.4. The van der Waals surface area contributed by atoms with Gasteiger partial charge in [0.2, 0.25) is 0 Å². The Morgan fingerprint density at radius 1 is 1.18 bits per heavy atom. The standard InChI is InChI=1S/C21H16N2O4S/c1-12(24)13-4-3-5-15(8-13)22-21-23-18(11-28-21)17-10-14-9-16(26-2)6-7-19(14)27-20(17)25/h3-11H,1-2H3,(H,22,23). The Bertz CT molecular complexity index is 1240. The summed E-state index contributed by atoms with van der Waals surface area (Å²) in [5.41, 5.74) is 2.31. The first-order chi connectivity index (χ1) is 13.5. The number of nitrogens with one attached hydrogen (secondary N) is 1. The van der Waals surface area contributed by atoms with Crippen LogP contribution in [0.2, 0.25) is 0 Å². The molecule has 4 aromatic rings. The van der Waals surface area contributed by atoms with E-state index in [1.807, 2.05) is 6.07 Å². The molecule has 2 aromatic heterocycles. The summed E-state index contributed by atoms with van der Waals surface area (Å²) in [6, 6.07) is 14.2. The molecule has 0 aliphatic rings. The SMILES string of the molecule is COc1ccc2oc(=O)c(-c3csc(Nc4cccc(C(C)=O)c4)n3)cc2c1. The van der Waals surface area contributed by atoms with Crippen molar-refractivity contribution in [1.29, 1.82) is 0 Å². The van der Waals surface area contributed by atoms with E-state index in [-0.39, 0.29) is 5.78 Å². The maximum atomic E-state index is 12.4. The van der Waals surface area contributed by atoms with Crippen LogP contribution in [0.15, 0.2) is 63.1 Å². The van der Waals surface area contributed by atoms with Crippen LogP contribution in [0, 0.1) is 0 Å². The number of hydrogen-bond donors (Lipinski definition) is 1. The van der Waals surface area contributed by atoms with Crippen LogP contribution < -0.4 is 15.7 Å². The van der Waals surface area contributed by atoms with Crippen LogP contribution in [0.3, 0.4) is 0 Å². The Balaban J connectivity index is 1.67. The Morgan fingerprint density at radius 2 is 2.04 bits per heavy atom. The third-order valence-corrected chi connectivity index (χ3v) is 5.00. The van der Waals surface area contributed by atoms with Crippen LogP contribution in [0.5, 0.6) is 5.75 Å². The van der Waals surface area contributed by atoms with Crippen molar-refractivity contribution < 1.29 is 13.9 Å². The van der Waals surface area contributed by atoms with E-state index in [2.05, 4.69) is 10.3 Å². The molecule has 0 amide bonds. The lowest BCUT2D eigenvalue weighted by molar-refractivity contribution is 0.101. The molecule has 1 N–H and O–H groups in total. The van der Waals surface area contributed by atoms with Crippen molar-refractivity contribution in [3.8, 4) is 17.0 Å². The summed E-state index contributed by atoms with van der Waals surface area (Å²) in [6.07, 6.45) is 0. The molecule has 140 valence electrons. The van der Waals surface area contributed by atoms with Crippen LogP contribution in [-0.2, 0) is 0 Å². The monoisotopic (exact) mass is 392 g/mol. The number of hydrogen-bond acceptors (Lipinski definition) is 7. The van der Waals surface area contributed by atoms with E-state index in [0.717, 1.165) is 11.1 Å². The highest BCUT2D eigenvalue weighted by atomic mass is 32.1. The number of thiazole rings is 1. The smallest absolute Gasteiger partial charge is 0.345 e. The summed E-state index contributed by atoms with van der Waals surface area (Å²) in [6.45, 7) is 1.52. The number of nitrogens with zero attached hydrogens (tertiary/aromatic N) is 1. The number of carbonyl (C=O) groups excluding carboxylic acids is 1. The first-order valence-corrected chi connectivity index (χ1v) is 9.37. The minimum absolute atomic E-state index is 0.00678. The van der Waals surface area contributed by atoms with Gasteiger partial charge in [0.05, 0.1) is 18.4 Å². The zero-order chi connectivity index (χ0) is 19.7. The molecule has 2 heterocycles. The lowest BCUT2D eigenvalue weighted by Gasteiger charge is -2.04. The summed E-state index contributed by atoms with van der Waals surface area (Å²) >= 11 is 1.36. The largest absolute Gasteiger partial charge is 0.497 e. The van der Waals surface area contributed by atoms with E-state index in [1.165, 1.54) is 18.3 Å². The van der Waals surface area contributed by atoms with Gasteiger partial charge in [-0.2, -0.15) is 0 Å². The molecule has 6 nitrogen and oxygen atoms in total. The Hall–Kier alpha value is -3.45. The number of aromatic nitrogens is 1. The number of methoxy groups -OCH3 is 1. The van der Waals surface area contributed by atoms with Gasteiger partial charge in [-0.05, 0) is 43.3 Å². The normalized spacial score (nSPS) is 10.8. The number of ketones is 1. The van der Waals surface area contributed by atoms with E-state index in [0.29, 0.717) is 33.3 Å². The number of Topliss-reactive ketones (excluding diaryl/α,β-unsaturated/α-hetero) is 1. The number of fused-ring (bicyclic) bond motifs is 1. The van der Waals surface area contributed by atoms with E-state index >= 15 is 0 Å². The van der Waals surface area contributed by atoms with Gasteiger partial charge >= 0.3 is 5.63 Å². The average Bonchev–Trinajstić information content (AvgIpc) is 3.15. The summed E-state index contributed by atoms with van der Waals surface area (Å²) in [7, 11) is 1.58. The minimum atomic E-state index is -0.451. The molecule has 0 radical (unpaired) electrons. The lowest BCUT2D eigenvalue weighted by Crippen LogP contribution is -2.03. The quantitative estimate of drug-likeness (QED) is 0.385. The van der Waals surface area contributed by atoms with Crippen molar-refractivity contribution in [1.82, 2.24) is 4.98 Å². The van der Waals surface area contributed by atoms with Crippen molar-refractivity contribution in [3.05, 3.63) is 69.9 Å². The molecule has 0 fully saturated rings. The van der Waals surface area contributed by atoms with Gasteiger partial charge < -0.3 is 14.5 Å². The molecule has 0 unspecified atom stereocenters. The minimum Gasteiger partial charge on any atom is -0.497 e. The van der Waals surface area contributed by atoms with E-state index in [1.54, 1.807) is 55.0 Å². The van der Waals surface area contributed by atoms with Crippen molar-refractivity contribution in [2.45, 2.75) is 6.92 Å². The molecule has 0 aliphatic heterocycles. The molecule has 2 aromatic carbocycles. The third kappa shape index (κ3) is 3.52. The van der Waals surface area contributed by atoms with Gasteiger partial charge in [0.1, 0.15) is 11.3 Å². The summed E-state index contributed by atoms with van der Waals surface area (Å²) in [5.74, 6) is 0.672. The number of ether oxygens (including phenoxy) is 1. The second kappa shape index (κ2) is 7.28. The fourth-order valence-electron chi connectivity index (χ4n) is 2.80. The molecular formula is C21H16N2O4S. The first kappa shape index (κ1) is 17.9. The van der Waals surface area contributed by atoms with Crippen molar-refractivity contribution in [3.63, 3.8) is 0 Å². The van der Waals surface area contributed by atoms with Gasteiger partial charge in [-0.15, -0.1) is 11.3 Å². The van der Waals surface area contributed by atoms with Crippen LogP contribution >= 0.6 is 11.3 Å². The second-order valence-electron chi connectivity index (χ2n) is 6.15. The summed E-state index contributed by atoms with van der Waals surface area (Å²) in [4.78, 5) is 28.4. The van der Waals surface area contributed by atoms with Gasteiger partial charge in [-0.3, -0.25) is 4.79 Å². The fourth-order valence-corrected chi connectivity index (χ4v) is 3.53. The maximum Gasteiger partial charge on any atom is 0.345 e. The molecule has 0 bridgehead atoms. The number of rotatable bonds is 5. The third-order valence-electron chi connectivity index (χ3n) is 4.24. The zero-order valence-electron chi connectivity index (χ0n) is 15.2. The topological polar surface area (TPSA) is 81.4 Å². The van der Waals surface area contributed by atoms with Crippen LogP contribution in [0.1, 0.15) is 17.3 Å². The Labute approximate surface area is 164 Å². The van der Waals surface area contributed by atoms with Gasteiger partial charge in [0.25, 0.3) is 0 Å². The van der Waals surface area contributed by atoms with Crippen LogP contribution in [-0.4, -0.2) is 17.9 Å². The highest BCUT2D eigenvalue weighted by Crippen LogP contribution is 2.28. The lowest BCUT2D eigenvalue weighted by atomic mass is 10.1. The summed E-state index contributed by atoms with van der Waals surface area (Å²) in [5, 5.41) is 6.32. The zero-order valence-corrected chi connectivity index (χ0v) is 16.0. The number of anilines is 2. The molecule has 0 aliphatic carbocycles. The van der Waals surface area contributed by atoms with E-state index in [4.69, 9.17) is 9.15 Å². The van der Waals surface area contributed by atoms with E-state index in [9.17, 15) is 9.59 Å². The molecule has 0 atom stereocenters.